The van der Waals surface area contributed by atoms with Crippen LogP contribution in [-0.4, -0.2) is 20.9 Å². The molecule has 0 aliphatic carbocycles. The van der Waals surface area contributed by atoms with Crippen molar-refractivity contribution in [1.82, 2.24) is 9.78 Å². The largest absolute Gasteiger partial charge is 0.478 e. The highest BCUT2D eigenvalue weighted by Crippen LogP contribution is 2.25. The number of aromatic carboxylic acids is 1. The number of benzene rings is 1. The number of fused-ring (bicyclic) bond motifs is 1. The fourth-order valence-electron chi connectivity index (χ4n) is 1.33. The zero-order valence-electron chi connectivity index (χ0n) is 7.36. The molecule has 0 bridgehead atoms. The van der Waals surface area contributed by atoms with Crippen LogP contribution in [0.15, 0.2) is 22.8 Å². The molecule has 0 saturated carbocycles. The molecule has 1 aromatic heterocycles. The maximum absolute atomic E-state index is 10.8. The molecule has 0 radical (unpaired) electrons. The molecule has 0 spiro atoms. The standard InChI is InChI=1S/C9H7BrN2O2/c1-12-8-3-5(9(13)14)2-7(10)6(8)4-11-12/h2-4H,1H3,(H,13,14). The van der Waals surface area contributed by atoms with Crippen LogP contribution in [0, 0.1) is 0 Å². The van der Waals surface area contributed by atoms with Crippen LogP contribution >= 0.6 is 15.9 Å². The zero-order chi connectivity index (χ0) is 10.3. The van der Waals surface area contributed by atoms with Gasteiger partial charge in [0.15, 0.2) is 0 Å². The number of rotatable bonds is 1. The summed E-state index contributed by atoms with van der Waals surface area (Å²) >= 11 is 3.31. The van der Waals surface area contributed by atoms with E-state index in [2.05, 4.69) is 21.0 Å². The Balaban J connectivity index is 2.82. The summed E-state index contributed by atoms with van der Waals surface area (Å²) in [7, 11) is 1.78. The zero-order valence-corrected chi connectivity index (χ0v) is 8.95. The van der Waals surface area contributed by atoms with E-state index in [4.69, 9.17) is 5.11 Å². The molecule has 0 amide bonds. The SMILES string of the molecule is Cn1ncc2c(Br)cc(C(=O)O)cc21. The summed E-state index contributed by atoms with van der Waals surface area (Å²) in [5, 5.41) is 13.8. The summed E-state index contributed by atoms with van der Waals surface area (Å²) in [5.41, 5.74) is 1.06. The second-order valence-corrected chi connectivity index (χ2v) is 3.82. The first-order chi connectivity index (χ1) is 6.59. The van der Waals surface area contributed by atoms with Gasteiger partial charge in [0.1, 0.15) is 0 Å². The number of carboxylic acid groups (broad SMARTS) is 1. The molecule has 14 heavy (non-hydrogen) atoms. The van der Waals surface area contributed by atoms with Gasteiger partial charge in [-0.2, -0.15) is 5.10 Å². The van der Waals surface area contributed by atoms with E-state index in [0.717, 1.165) is 15.4 Å². The minimum absolute atomic E-state index is 0.257. The maximum Gasteiger partial charge on any atom is 0.335 e. The molecule has 2 rings (SSSR count). The average molecular weight is 255 g/mol. The van der Waals surface area contributed by atoms with E-state index >= 15 is 0 Å². The lowest BCUT2D eigenvalue weighted by molar-refractivity contribution is 0.0697. The first-order valence-corrected chi connectivity index (χ1v) is 4.73. The predicted molar refractivity (Wildman–Crippen MR) is 55.4 cm³/mol. The molecular weight excluding hydrogens is 248 g/mol. The van der Waals surface area contributed by atoms with Crippen LogP contribution in [-0.2, 0) is 7.05 Å². The minimum atomic E-state index is -0.936. The van der Waals surface area contributed by atoms with Gasteiger partial charge in [-0.05, 0) is 12.1 Å². The van der Waals surface area contributed by atoms with Crippen LogP contribution in [0.1, 0.15) is 10.4 Å². The molecule has 0 aliphatic rings. The van der Waals surface area contributed by atoms with E-state index in [0.29, 0.717) is 0 Å². The molecule has 4 nitrogen and oxygen atoms in total. The lowest BCUT2D eigenvalue weighted by Gasteiger charge is -1.99. The van der Waals surface area contributed by atoms with E-state index in [9.17, 15) is 4.79 Å². The molecular formula is C9H7BrN2O2. The molecule has 1 heterocycles. The predicted octanol–water partition coefficient (Wildman–Crippen LogP) is 2.03. The summed E-state index contributed by atoms with van der Waals surface area (Å²) < 4.78 is 2.40. The van der Waals surface area contributed by atoms with Gasteiger partial charge in [0.2, 0.25) is 0 Å². The molecule has 5 heteroatoms. The van der Waals surface area contributed by atoms with Crippen LogP contribution in [0.2, 0.25) is 0 Å². The first kappa shape index (κ1) is 9.21. The Bertz CT molecular complexity index is 519. The van der Waals surface area contributed by atoms with Gasteiger partial charge in [-0.3, -0.25) is 4.68 Å². The van der Waals surface area contributed by atoms with E-state index < -0.39 is 5.97 Å². The summed E-state index contributed by atoms with van der Waals surface area (Å²) in [6.07, 6.45) is 1.70. The Morgan fingerprint density at radius 2 is 2.29 bits per heavy atom. The lowest BCUT2D eigenvalue weighted by Crippen LogP contribution is -1.97. The van der Waals surface area contributed by atoms with Crippen molar-refractivity contribution in [3.8, 4) is 0 Å². The van der Waals surface area contributed by atoms with Crippen molar-refractivity contribution in [2.24, 2.45) is 7.05 Å². The third kappa shape index (κ3) is 1.29. The summed E-state index contributed by atoms with van der Waals surface area (Å²) in [4.78, 5) is 10.8. The van der Waals surface area contributed by atoms with Crippen molar-refractivity contribution in [3.63, 3.8) is 0 Å². The van der Waals surface area contributed by atoms with Crippen molar-refractivity contribution in [2.75, 3.05) is 0 Å². The molecule has 0 unspecified atom stereocenters. The summed E-state index contributed by atoms with van der Waals surface area (Å²) in [6.45, 7) is 0. The van der Waals surface area contributed by atoms with E-state index in [-0.39, 0.29) is 5.56 Å². The molecule has 0 fully saturated rings. The smallest absolute Gasteiger partial charge is 0.335 e. The molecule has 0 atom stereocenters. The Kier molecular flexibility index (Phi) is 2.03. The summed E-state index contributed by atoms with van der Waals surface area (Å²) in [5.74, 6) is -0.936. The molecule has 1 aromatic carbocycles. The molecule has 72 valence electrons. The Morgan fingerprint density at radius 1 is 1.57 bits per heavy atom. The van der Waals surface area contributed by atoms with Crippen LogP contribution in [0.3, 0.4) is 0 Å². The Labute approximate surface area is 88.3 Å². The van der Waals surface area contributed by atoms with Crippen molar-refractivity contribution in [2.45, 2.75) is 0 Å². The summed E-state index contributed by atoms with van der Waals surface area (Å²) in [6, 6.07) is 3.18. The van der Waals surface area contributed by atoms with E-state index in [1.54, 1.807) is 30.1 Å². The first-order valence-electron chi connectivity index (χ1n) is 3.94. The van der Waals surface area contributed by atoms with Crippen molar-refractivity contribution >= 4 is 32.8 Å². The topological polar surface area (TPSA) is 55.1 Å². The number of aromatic nitrogens is 2. The maximum atomic E-state index is 10.8. The Morgan fingerprint density at radius 3 is 2.93 bits per heavy atom. The van der Waals surface area contributed by atoms with Crippen molar-refractivity contribution in [1.29, 1.82) is 0 Å². The van der Waals surface area contributed by atoms with E-state index in [1.807, 2.05) is 0 Å². The van der Waals surface area contributed by atoms with Gasteiger partial charge in [0, 0.05) is 16.9 Å². The number of nitrogens with zero attached hydrogens (tertiary/aromatic N) is 2. The third-order valence-electron chi connectivity index (χ3n) is 2.06. The van der Waals surface area contributed by atoms with Crippen LogP contribution in [0.5, 0.6) is 0 Å². The number of carboxylic acids is 1. The van der Waals surface area contributed by atoms with Crippen LogP contribution in [0.25, 0.3) is 10.9 Å². The minimum Gasteiger partial charge on any atom is -0.478 e. The number of carbonyl (C=O) groups is 1. The van der Waals surface area contributed by atoms with Crippen LogP contribution < -0.4 is 0 Å². The average Bonchev–Trinajstić information content (AvgIpc) is 2.48. The van der Waals surface area contributed by atoms with Gasteiger partial charge >= 0.3 is 5.97 Å². The second-order valence-electron chi connectivity index (χ2n) is 2.96. The molecule has 2 aromatic rings. The molecule has 0 saturated heterocycles. The number of hydrogen-bond acceptors (Lipinski definition) is 2. The highest BCUT2D eigenvalue weighted by Gasteiger charge is 2.09. The van der Waals surface area contributed by atoms with E-state index in [1.165, 1.54) is 0 Å². The van der Waals surface area contributed by atoms with Gasteiger partial charge in [-0.15, -0.1) is 0 Å². The second kappa shape index (κ2) is 3.09. The van der Waals surface area contributed by atoms with Gasteiger partial charge in [0.05, 0.1) is 17.3 Å². The fourth-order valence-corrected chi connectivity index (χ4v) is 1.88. The van der Waals surface area contributed by atoms with Crippen molar-refractivity contribution in [3.05, 3.63) is 28.4 Å². The number of halogens is 1. The highest BCUT2D eigenvalue weighted by atomic mass is 79.9. The fraction of sp³-hybridized carbons (Fsp3) is 0.111. The molecule has 1 N–H and O–H groups in total. The van der Waals surface area contributed by atoms with Crippen molar-refractivity contribution < 1.29 is 9.90 Å². The number of hydrogen-bond donors (Lipinski definition) is 1. The van der Waals surface area contributed by atoms with Gasteiger partial charge < -0.3 is 5.11 Å². The number of aryl methyl sites for hydroxylation is 1. The van der Waals surface area contributed by atoms with Gasteiger partial charge in [0.25, 0.3) is 0 Å². The van der Waals surface area contributed by atoms with Gasteiger partial charge in [-0.25, -0.2) is 4.79 Å². The van der Waals surface area contributed by atoms with Gasteiger partial charge in [-0.1, -0.05) is 15.9 Å². The Hall–Kier alpha value is -1.36. The quantitative estimate of drug-likeness (QED) is 0.848. The normalized spacial score (nSPS) is 10.7. The third-order valence-corrected chi connectivity index (χ3v) is 2.72. The highest BCUT2D eigenvalue weighted by molar-refractivity contribution is 9.10. The lowest BCUT2D eigenvalue weighted by atomic mass is 10.2. The monoisotopic (exact) mass is 254 g/mol. The molecule has 0 aliphatic heterocycles. The van der Waals surface area contributed by atoms with Crippen LogP contribution in [0.4, 0.5) is 0 Å².